The van der Waals surface area contributed by atoms with E-state index in [-0.39, 0.29) is 23.3 Å². The monoisotopic (exact) mass is 461 g/mol. The number of carbonyl (C=O) groups is 2. The van der Waals surface area contributed by atoms with E-state index in [2.05, 4.69) is 5.16 Å². The first-order chi connectivity index (χ1) is 16.3. The van der Waals surface area contributed by atoms with Gasteiger partial charge in [0.25, 0.3) is 11.4 Å². The zero-order chi connectivity index (χ0) is 24.7. The van der Waals surface area contributed by atoms with E-state index in [4.69, 9.17) is 4.84 Å². The Bertz CT molecular complexity index is 1270. The van der Waals surface area contributed by atoms with Crippen LogP contribution in [0, 0.1) is 20.2 Å². The van der Waals surface area contributed by atoms with Crippen LogP contribution in [-0.4, -0.2) is 27.3 Å². The lowest BCUT2D eigenvalue weighted by Gasteiger charge is -2.08. The molecule has 34 heavy (non-hydrogen) atoms. The van der Waals surface area contributed by atoms with Crippen molar-refractivity contribution in [2.45, 2.75) is 19.8 Å². The van der Waals surface area contributed by atoms with Crippen LogP contribution in [0.2, 0.25) is 0 Å². The fraction of sp³-hybridized carbons (Fsp3) is 0.125. The second kappa shape index (κ2) is 10.7. The summed E-state index contributed by atoms with van der Waals surface area (Å²) in [6, 6.07) is 17.7. The molecule has 0 heterocycles. The van der Waals surface area contributed by atoms with Crippen molar-refractivity contribution in [2.24, 2.45) is 5.16 Å². The number of oxime groups is 1. The number of rotatable bonds is 9. The number of benzene rings is 3. The summed E-state index contributed by atoms with van der Waals surface area (Å²) >= 11 is 0. The van der Waals surface area contributed by atoms with Gasteiger partial charge in [-0.3, -0.25) is 25.0 Å². The lowest BCUT2D eigenvalue weighted by molar-refractivity contribution is -0.393. The zero-order valence-corrected chi connectivity index (χ0v) is 18.0. The molecule has 0 aromatic heterocycles. The first-order valence-corrected chi connectivity index (χ1v) is 10.2. The molecule has 0 aliphatic carbocycles. The Kier molecular flexibility index (Phi) is 7.55. The standard InChI is InChI=1S/C24H19N3O7/c1-2-6-22(28)34-25-23(17-7-4-3-5-8-17)24(29)18-11-9-16(10-12-18)20-14-13-19(26(30)31)15-21(20)27(32)33/h3-5,7-15H,2,6H2,1H3/b25-23-. The van der Waals surface area contributed by atoms with Gasteiger partial charge < -0.3 is 4.84 Å². The maximum absolute atomic E-state index is 13.2. The van der Waals surface area contributed by atoms with Gasteiger partial charge in [0, 0.05) is 23.6 Å². The molecule has 0 saturated heterocycles. The minimum Gasteiger partial charge on any atom is -0.318 e. The molecule has 0 radical (unpaired) electrons. The van der Waals surface area contributed by atoms with E-state index in [1.165, 1.54) is 36.4 Å². The predicted molar refractivity (Wildman–Crippen MR) is 123 cm³/mol. The third kappa shape index (κ3) is 5.54. The Balaban J connectivity index is 1.95. The Morgan fingerprint density at radius 3 is 2.15 bits per heavy atom. The van der Waals surface area contributed by atoms with Gasteiger partial charge >= 0.3 is 5.97 Å². The van der Waals surface area contributed by atoms with Crippen molar-refractivity contribution in [3.05, 3.63) is 104 Å². The molecule has 3 rings (SSSR count). The Labute approximate surface area is 193 Å². The van der Waals surface area contributed by atoms with Gasteiger partial charge in [0.15, 0.2) is 5.71 Å². The smallest absolute Gasteiger partial charge is 0.318 e. The summed E-state index contributed by atoms with van der Waals surface area (Å²) in [4.78, 5) is 50.8. The van der Waals surface area contributed by atoms with Crippen LogP contribution >= 0.6 is 0 Å². The van der Waals surface area contributed by atoms with Crippen molar-refractivity contribution >= 4 is 28.8 Å². The molecule has 0 unspecified atom stereocenters. The van der Waals surface area contributed by atoms with Crippen LogP contribution in [0.3, 0.4) is 0 Å². The number of nitro groups is 2. The summed E-state index contributed by atoms with van der Waals surface area (Å²) in [5.41, 5.74) is 0.324. The number of Topliss-reactive ketones (excluding diaryl/α,β-unsaturated/α-hetero) is 1. The van der Waals surface area contributed by atoms with Crippen molar-refractivity contribution in [3.8, 4) is 11.1 Å². The van der Waals surface area contributed by atoms with E-state index in [9.17, 15) is 29.8 Å². The molecular formula is C24H19N3O7. The molecule has 10 heteroatoms. The van der Waals surface area contributed by atoms with Crippen LogP contribution in [0.1, 0.15) is 35.7 Å². The van der Waals surface area contributed by atoms with Crippen LogP contribution in [-0.2, 0) is 9.63 Å². The van der Waals surface area contributed by atoms with E-state index in [0.29, 0.717) is 17.5 Å². The second-order valence-electron chi connectivity index (χ2n) is 7.14. The number of nitrogens with zero attached hydrogens (tertiary/aromatic N) is 3. The van der Waals surface area contributed by atoms with Gasteiger partial charge in [0.2, 0.25) is 5.78 Å². The normalized spacial score (nSPS) is 11.0. The Morgan fingerprint density at radius 2 is 1.56 bits per heavy atom. The summed E-state index contributed by atoms with van der Waals surface area (Å²) in [5, 5.41) is 26.2. The highest BCUT2D eigenvalue weighted by molar-refractivity contribution is 6.51. The van der Waals surface area contributed by atoms with Gasteiger partial charge in [-0.25, -0.2) is 4.79 Å². The fourth-order valence-electron chi connectivity index (χ4n) is 3.13. The van der Waals surface area contributed by atoms with Gasteiger partial charge in [-0.2, -0.15) is 0 Å². The first kappa shape index (κ1) is 23.9. The van der Waals surface area contributed by atoms with Gasteiger partial charge in [-0.1, -0.05) is 66.7 Å². The van der Waals surface area contributed by atoms with Crippen LogP contribution < -0.4 is 0 Å². The van der Waals surface area contributed by atoms with E-state index in [1.807, 2.05) is 6.92 Å². The number of non-ortho nitro benzene ring substituents is 1. The van der Waals surface area contributed by atoms with Crippen LogP contribution in [0.25, 0.3) is 11.1 Å². The van der Waals surface area contributed by atoms with Crippen molar-refractivity contribution < 1.29 is 24.3 Å². The highest BCUT2D eigenvalue weighted by Crippen LogP contribution is 2.33. The summed E-state index contributed by atoms with van der Waals surface area (Å²) in [6.07, 6.45) is 0.724. The minimum atomic E-state index is -0.712. The van der Waals surface area contributed by atoms with E-state index in [1.54, 1.807) is 30.3 Å². The molecule has 0 aliphatic heterocycles. The van der Waals surface area contributed by atoms with Crippen molar-refractivity contribution in [2.75, 3.05) is 0 Å². The molecule has 0 atom stereocenters. The Morgan fingerprint density at radius 1 is 0.882 bits per heavy atom. The summed E-state index contributed by atoms with van der Waals surface area (Å²) in [5.74, 6) is -1.08. The molecule has 0 fully saturated rings. The zero-order valence-electron chi connectivity index (χ0n) is 18.0. The maximum Gasteiger partial charge on any atom is 0.335 e. The summed E-state index contributed by atoms with van der Waals surface area (Å²) in [7, 11) is 0. The SMILES string of the molecule is CCCC(=O)O/N=C(\C(=O)c1ccc(-c2ccc([N+](=O)[O-])cc2[N+](=O)[O-])cc1)c1ccccc1. The molecule has 0 spiro atoms. The molecule has 0 amide bonds. The predicted octanol–water partition coefficient (Wildman–Crippen LogP) is 5.10. The van der Waals surface area contributed by atoms with Crippen molar-refractivity contribution in [1.29, 1.82) is 0 Å². The molecule has 0 saturated carbocycles. The van der Waals surface area contributed by atoms with E-state index >= 15 is 0 Å². The van der Waals surface area contributed by atoms with E-state index in [0.717, 1.165) is 6.07 Å². The van der Waals surface area contributed by atoms with Gasteiger partial charge in [-0.05, 0) is 18.1 Å². The molecule has 3 aromatic carbocycles. The largest absolute Gasteiger partial charge is 0.335 e. The van der Waals surface area contributed by atoms with Crippen LogP contribution in [0.5, 0.6) is 0 Å². The maximum atomic E-state index is 13.2. The highest BCUT2D eigenvalue weighted by atomic mass is 16.7. The lowest BCUT2D eigenvalue weighted by Crippen LogP contribution is -2.17. The Hall–Kier alpha value is -4.73. The number of hydrogen-bond acceptors (Lipinski definition) is 8. The number of carbonyl (C=O) groups excluding carboxylic acids is 2. The summed E-state index contributed by atoms with van der Waals surface area (Å²) in [6.45, 7) is 1.81. The molecule has 10 nitrogen and oxygen atoms in total. The molecule has 0 N–H and O–H groups in total. The average molecular weight is 461 g/mol. The number of nitro benzene ring substituents is 2. The highest BCUT2D eigenvalue weighted by Gasteiger charge is 2.22. The number of hydrogen-bond donors (Lipinski definition) is 0. The molecular weight excluding hydrogens is 442 g/mol. The fourth-order valence-corrected chi connectivity index (χ4v) is 3.13. The minimum absolute atomic E-state index is 0.0703. The first-order valence-electron chi connectivity index (χ1n) is 10.2. The van der Waals surface area contributed by atoms with Gasteiger partial charge in [-0.15, -0.1) is 0 Å². The van der Waals surface area contributed by atoms with Gasteiger partial charge in [0.05, 0.1) is 21.5 Å². The average Bonchev–Trinajstić information content (AvgIpc) is 2.84. The van der Waals surface area contributed by atoms with Crippen LogP contribution in [0.15, 0.2) is 78.0 Å². The third-order valence-corrected chi connectivity index (χ3v) is 4.80. The molecule has 0 bridgehead atoms. The topological polar surface area (TPSA) is 142 Å². The lowest BCUT2D eigenvalue weighted by atomic mass is 9.97. The number of ketones is 1. The summed E-state index contributed by atoms with van der Waals surface area (Å²) < 4.78 is 0. The van der Waals surface area contributed by atoms with Gasteiger partial charge in [0.1, 0.15) is 0 Å². The van der Waals surface area contributed by atoms with Crippen molar-refractivity contribution in [1.82, 2.24) is 0 Å². The quantitative estimate of drug-likeness (QED) is 0.142. The van der Waals surface area contributed by atoms with Crippen LogP contribution in [0.4, 0.5) is 11.4 Å². The molecule has 0 aliphatic rings. The molecule has 3 aromatic rings. The van der Waals surface area contributed by atoms with Crippen molar-refractivity contribution in [3.63, 3.8) is 0 Å². The second-order valence-corrected chi connectivity index (χ2v) is 7.14. The molecule has 172 valence electrons. The third-order valence-electron chi connectivity index (χ3n) is 4.80. The van der Waals surface area contributed by atoms with E-state index < -0.39 is 33.0 Å².